The van der Waals surface area contributed by atoms with E-state index in [0.717, 1.165) is 6.07 Å². The topological polar surface area (TPSA) is 107 Å². The van der Waals surface area contributed by atoms with Gasteiger partial charge in [0.2, 0.25) is 0 Å². The van der Waals surface area contributed by atoms with Crippen LogP contribution >= 0.6 is 11.8 Å². The van der Waals surface area contributed by atoms with Crippen molar-refractivity contribution in [3.8, 4) is 5.75 Å². The van der Waals surface area contributed by atoms with E-state index >= 15 is 0 Å². The second-order valence-electron chi connectivity index (χ2n) is 4.30. The van der Waals surface area contributed by atoms with Gasteiger partial charge in [-0.2, -0.15) is 5.10 Å². The van der Waals surface area contributed by atoms with Crippen LogP contribution in [0.2, 0.25) is 0 Å². The van der Waals surface area contributed by atoms with Gasteiger partial charge in [0.05, 0.1) is 5.71 Å². The maximum absolute atomic E-state index is 12.0. The zero-order valence-corrected chi connectivity index (χ0v) is 12.8. The van der Waals surface area contributed by atoms with Crippen molar-refractivity contribution in [3.05, 3.63) is 51.9 Å². The van der Waals surface area contributed by atoms with Crippen LogP contribution in [0.5, 0.6) is 5.75 Å². The fraction of sp³-hybridized carbons (Fsp3) is 0.143. The highest BCUT2D eigenvalue weighted by atomic mass is 32.2. The molecule has 0 atom stereocenters. The molecule has 114 valence electrons. The molecule has 1 amide bonds. The molecule has 0 saturated carbocycles. The molecule has 0 radical (unpaired) electrons. The number of hydrogen-bond acceptors (Lipinski definition) is 6. The van der Waals surface area contributed by atoms with E-state index in [1.54, 1.807) is 31.4 Å². The summed E-state index contributed by atoms with van der Waals surface area (Å²) >= 11 is 1.22. The lowest BCUT2D eigenvalue weighted by molar-refractivity contribution is 0.0948. The molecular formula is C14H14N4O3S. The molecule has 7 nitrogen and oxygen atoms in total. The standard InChI is InChI=1S/C14H14N4O3S/c1-8(9-5-3-4-6-11(9)19)17-18-13(21)10-7-12(20)16-14(15-10)22-2/h3-7,19H,1-2H3,(H,18,21)(H,15,16,20). The number of benzene rings is 1. The van der Waals surface area contributed by atoms with Crippen LogP contribution < -0.4 is 11.0 Å². The molecule has 3 N–H and O–H groups in total. The van der Waals surface area contributed by atoms with Crippen molar-refractivity contribution in [3.63, 3.8) is 0 Å². The zero-order chi connectivity index (χ0) is 16.1. The summed E-state index contributed by atoms with van der Waals surface area (Å²) in [5, 5.41) is 14.0. The van der Waals surface area contributed by atoms with Crippen LogP contribution in [-0.2, 0) is 0 Å². The number of phenolic OH excluding ortho intramolecular Hbond substituents is 1. The Morgan fingerprint density at radius 1 is 1.41 bits per heavy atom. The quantitative estimate of drug-likeness (QED) is 0.341. The first-order valence-corrected chi connectivity index (χ1v) is 7.52. The van der Waals surface area contributed by atoms with E-state index in [9.17, 15) is 14.7 Å². The third-order valence-electron chi connectivity index (χ3n) is 2.76. The summed E-state index contributed by atoms with van der Waals surface area (Å²) in [6, 6.07) is 7.74. The second kappa shape index (κ2) is 6.90. The Balaban J connectivity index is 2.19. The lowest BCUT2D eigenvalue weighted by Crippen LogP contribution is -2.23. The summed E-state index contributed by atoms with van der Waals surface area (Å²) in [4.78, 5) is 29.9. The molecule has 0 aliphatic heterocycles. The van der Waals surface area contributed by atoms with Crippen LogP contribution in [0, 0.1) is 0 Å². The van der Waals surface area contributed by atoms with Gasteiger partial charge in [-0.15, -0.1) is 0 Å². The van der Waals surface area contributed by atoms with E-state index in [2.05, 4.69) is 20.5 Å². The lowest BCUT2D eigenvalue weighted by atomic mass is 10.1. The maximum atomic E-state index is 12.0. The average molecular weight is 318 g/mol. The van der Waals surface area contributed by atoms with Gasteiger partial charge < -0.3 is 10.1 Å². The number of carbonyl (C=O) groups excluding carboxylic acids is 1. The van der Waals surface area contributed by atoms with Crippen LogP contribution in [0.1, 0.15) is 23.0 Å². The summed E-state index contributed by atoms with van der Waals surface area (Å²) in [6.45, 7) is 1.65. The molecule has 1 aromatic heterocycles. The average Bonchev–Trinajstić information content (AvgIpc) is 2.52. The number of aromatic nitrogens is 2. The molecule has 1 aromatic carbocycles. The fourth-order valence-electron chi connectivity index (χ4n) is 1.68. The number of carbonyl (C=O) groups is 1. The Morgan fingerprint density at radius 3 is 2.82 bits per heavy atom. The minimum absolute atomic E-state index is 0.0260. The van der Waals surface area contributed by atoms with Crippen molar-refractivity contribution in [2.75, 3.05) is 6.26 Å². The van der Waals surface area contributed by atoms with Gasteiger partial charge in [0.1, 0.15) is 11.4 Å². The van der Waals surface area contributed by atoms with Crippen LogP contribution in [0.25, 0.3) is 0 Å². The summed E-state index contributed by atoms with van der Waals surface area (Å²) < 4.78 is 0. The molecule has 0 unspecified atom stereocenters. The van der Waals surface area contributed by atoms with Gasteiger partial charge in [0.25, 0.3) is 11.5 Å². The van der Waals surface area contributed by atoms with Crippen LogP contribution in [0.3, 0.4) is 0 Å². The first kappa shape index (κ1) is 15.8. The van der Waals surface area contributed by atoms with E-state index < -0.39 is 11.5 Å². The molecule has 2 rings (SSSR count). The molecule has 0 spiro atoms. The zero-order valence-electron chi connectivity index (χ0n) is 12.0. The number of hydrogen-bond donors (Lipinski definition) is 3. The van der Waals surface area contributed by atoms with E-state index in [4.69, 9.17) is 0 Å². The van der Waals surface area contributed by atoms with Gasteiger partial charge in [-0.1, -0.05) is 23.9 Å². The van der Waals surface area contributed by atoms with Gasteiger partial charge >= 0.3 is 0 Å². The van der Waals surface area contributed by atoms with Gasteiger partial charge in [-0.3, -0.25) is 9.59 Å². The summed E-state index contributed by atoms with van der Waals surface area (Å²) in [6.07, 6.45) is 1.74. The van der Waals surface area contributed by atoms with Gasteiger partial charge in [0, 0.05) is 11.6 Å². The Morgan fingerprint density at radius 2 is 2.14 bits per heavy atom. The number of aromatic amines is 1. The molecule has 0 bridgehead atoms. The summed E-state index contributed by atoms with van der Waals surface area (Å²) in [7, 11) is 0. The third-order valence-corrected chi connectivity index (χ3v) is 3.34. The van der Waals surface area contributed by atoms with Gasteiger partial charge in [0.15, 0.2) is 5.16 Å². The SMILES string of the molecule is CSc1nc(C(=O)NN=C(C)c2ccccc2O)cc(=O)[nH]1. The molecule has 2 aromatic rings. The summed E-state index contributed by atoms with van der Waals surface area (Å²) in [5.74, 6) is -0.534. The van der Waals surface area contributed by atoms with Crippen LogP contribution in [0.4, 0.5) is 0 Å². The van der Waals surface area contributed by atoms with Crippen molar-refractivity contribution >= 4 is 23.4 Å². The number of hydrazone groups is 1. The van der Waals surface area contributed by atoms with Crippen LogP contribution in [-0.4, -0.2) is 32.9 Å². The summed E-state index contributed by atoms with van der Waals surface area (Å²) in [5.41, 5.74) is 2.82. The second-order valence-corrected chi connectivity index (χ2v) is 5.09. The van der Waals surface area contributed by atoms with Crippen molar-refractivity contribution in [2.24, 2.45) is 5.10 Å². The monoisotopic (exact) mass is 318 g/mol. The Bertz CT molecular complexity index is 786. The lowest BCUT2D eigenvalue weighted by Gasteiger charge is -2.05. The smallest absolute Gasteiger partial charge is 0.290 e. The highest BCUT2D eigenvalue weighted by Crippen LogP contribution is 2.16. The Labute approximate surface area is 130 Å². The predicted octanol–water partition coefficient (Wildman–Crippen LogP) is 1.35. The number of aromatic hydroxyl groups is 1. The molecule has 0 aliphatic rings. The van der Waals surface area contributed by atoms with E-state index in [1.165, 1.54) is 17.8 Å². The molecule has 0 saturated heterocycles. The first-order valence-electron chi connectivity index (χ1n) is 6.29. The fourth-order valence-corrected chi connectivity index (χ4v) is 2.07. The van der Waals surface area contributed by atoms with Crippen LogP contribution in [0.15, 0.2) is 45.4 Å². The molecule has 0 aliphatic carbocycles. The normalized spacial score (nSPS) is 11.3. The molecule has 8 heteroatoms. The van der Waals surface area contributed by atoms with Gasteiger partial charge in [-0.05, 0) is 25.3 Å². The highest BCUT2D eigenvalue weighted by molar-refractivity contribution is 7.98. The number of para-hydroxylation sites is 1. The van der Waals surface area contributed by atoms with Crippen molar-refractivity contribution in [1.82, 2.24) is 15.4 Å². The van der Waals surface area contributed by atoms with E-state index in [-0.39, 0.29) is 11.4 Å². The first-order chi connectivity index (χ1) is 10.5. The minimum atomic E-state index is -0.601. The predicted molar refractivity (Wildman–Crippen MR) is 84.4 cm³/mol. The number of amides is 1. The van der Waals surface area contributed by atoms with Crippen molar-refractivity contribution in [1.29, 1.82) is 0 Å². The number of nitrogens with one attached hydrogen (secondary N) is 2. The van der Waals surface area contributed by atoms with Crippen molar-refractivity contribution < 1.29 is 9.90 Å². The molecule has 0 fully saturated rings. The Kier molecular flexibility index (Phi) is 4.95. The number of thioether (sulfide) groups is 1. The highest BCUT2D eigenvalue weighted by Gasteiger charge is 2.10. The number of rotatable bonds is 4. The van der Waals surface area contributed by atoms with E-state index in [0.29, 0.717) is 16.4 Å². The Hall–Kier alpha value is -2.61. The minimum Gasteiger partial charge on any atom is -0.507 e. The third kappa shape index (κ3) is 3.73. The number of H-pyrrole nitrogens is 1. The molecule has 22 heavy (non-hydrogen) atoms. The maximum Gasteiger partial charge on any atom is 0.290 e. The number of nitrogens with zero attached hydrogens (tertiary/aromatic N) is 2. The van der Waals surface area contributed by atoms with E-state index in [1.807, 2.05) is 0 Å². The molecule has 1 heterocycles. The molecular weight excluding hydrogens is 304 g/mol. The van der Waals surface area contributed by atoms with Crippen molar-refractivity contribution in [2.45, 2.75) is 12.1 Å². The van der Waals surface area contributed by atoms with Gasteiger partial charge in [-0.25, -0.2) is 10.4 Å². The largest absolute Gasteiger partial charge is 0.507 e. The number of phenols is 1.